The molecule has 144 valence electrons. The molecular formula is C19H14F3N3O3. The van der Waals surface area contributed by atoms with Crippen molar-refractivity contribution < 1.29 is 27.1 Å². The van der Waals surface area contributed by atoms with Gasteiger partial charge in [0, 0.05) is 23.0 Å². The van der Waals surface area contributed by atoms with E-state index in [4.69, 9.17) is 9.15 Å². The molecule has 0 saturated heterocycles. The predicted molar refractivity (Wildman–Crippen MR) is 96.1 cm³/mol. The van der Waals surface area contributed by atoms with E-state index in [1.165, 1.54) is 7.11 Å². The van der Waals surface area contributed by atoms with E-state index >= 15 is 0 Å². The average Bonchev–Trinajstić information content (AvgIpc) is 3.24. The van der Waals surface area contributed by atoms with Gasteiger partial charge in [-0.25, -0.2) is 0 Å². The standard InChI is InChI=1S/C19H14F3N3O3/c1-27-16-8-12-11-4-2-3-5-14(11)28-15(12)9-13(16)23-18(26)10-25-7-6-17(24-25)19(20,21)22/h2-9H,10H2,1H3,(H,23,26). The summed E-state index contributed by atoms with van der Waals surface area (Å²) in [6.45, 7) is -0.378. The van der Waals surface area contributed by atoms with E-state index in [-0.39, 0.29) is 6.54 Å². The van der Waals surface area contributed by atoms with Gasteiger partial charge in [0.05, 0.1) is 12.8 Å². The lowest BCUT2D eigenvalue weighted by atomic mass is 10.1. The van der Waals surface area contributed by atoms with Gasteiger partial charge in [-0.05, 0) is 18.2 Å². The number of furan rings is 1. The molecule has 9 heteroatoms. The van der Waals surface area contributed by atoms with Crippen LogP contribution in [0.3, 0.4) is 0 Å². The van der Waals surface area contributed by atoms with Crippen LogP contribution >= 0.6 is 0 Å². The van der Waals surface area contributed by atoms with Crippen molar-refractivity contribution in [1.82, 2.24) is 9.78 Å². The minimum Gasteiger partial charge on any atom is -0.495 e. The monoisotopic (exact) mass is 389 g/mol. The summed E-state index contributed by atoms with van der Waals surface area (Å²) in [5.41, 5.74) is 0.541. The highest BCUT2D eigenvalue weighted by molar-refractivity contribution is 6.07. The number of anilines is 1. The summed E-state index contributed by atoms with van der Waals surface area (Å²) in [5, 5.41) is 7.73. The van der Waals surface area contributed by atoms with Crippen LogP contribution in [0.4, 0.5) is 18.9 Å². The molecule has 2 aromatic heterocycles. The van der Waals surface area contributed by atoms with Crippen LogP contribution in [0.15, 0.2) is 53.1 Å². The van der Waals surface area contributed by atoms with Crippen molar-refractivity contribution in [2.24, 2.45) is 0 Å². The van der Waals surface area contributed by atoms with Crippen LogP contribution in [-0.2, 0) is 17.5 Å². The van der Waals surface area contributed by atoms with E-state index in [9.17, 15) is 18.0 Å². The minimum absolute atomic E-state index is 0.349. The number of benzene rings is 2. The SMILES string of the molecule is COc1cc2c(cc1NC(=O)Cn1ccc(C(F)(F)F)n1)oc1ccccc12. The first kappa shape index (κ1) is 17.9. The minimum atomic E-state index is -4.56. The van der Waals surface area contributed by atoms with Gasteiger partial charge < -0.3 is 14.5 Å². The Kier molecular flexibility index (Phi) is 4.21. The molecule has 0 aliphatic heterocycles. The number of amides is 1. The third kappa shape index (κ3) is 3.26. The first-order valence-electron chi connectivity index (χ1n) is 8.25. The van der Waals surface area contributed by atoms with Gasteiger partial charge in [-0.2, -0.15) is 18.3 Å². The molecule has 0 atom stereocenters. The quantitative estimate of drug-likeness (QED) is 0.560. The number of methoxy groups -OCH3 is 1. The number of rotatable bonds is 4. The second kappa shape index (κ2) is 6.59. The zero-order chi connectivity index (χ0) is 19.9. The van der Waals surface area contributed by atoms with Crippen LogP contribution in [0.5, 0.6) is 5.75 Å². The molecule has 0 fully saturated rings. The molecule has 1 amide bonds. The number of aromatic nitrogens is 2. The summed E-state index contributed by atoms with van der Waals surface area (Å²) in [5.74, 6) is -0.144. The molecule has 0 bridgehead atoms. The van der Waals surface area contributed by atoms with E-state index in [1.807, 2.05) is 24.3 Å². The molecule has 0 spiro atoms. The molecule has 2 heterocycles. The van der Waals surface area contributed by atoms with Crippen molar-refractivity contribution in [3.05, 3.63) is 54.4 Å². The molecule has 0 radical (unpaired) electrons. The topological polar surface area (TPSA) is 69.3 Å². The van der Waals surface area contributed by atoms with Crippen molar-refractivity contribution in [2.45, 2.75) is 12.7 Å². The number of hydrogen-bond acceptors (Lipinski definition) is 4. The summed E-state index contributed by atoms with van der Waals surface area (Å²) < 4.78 is 49.9. The fraction of sp³-hybridized carbons (Fsp3) is 0.158. The maximum Gasteiger partial charge on any atom is 0.435 e. The average molecular weight is 389 g/mol. The second-order valence-electron chi connectivity index (χ2n) is 6.09. The third-order valence-electron chi connectivity index (χ3n) is 4.21. The number of nitrogens with one attached hydrogen (secondary N) is 1. The Morgan fingerprint density at radius 2 is 1.96 bits per heavy atom. The smallest absolute Gasteiger partial charge is 0.435 e. The van der Waals surface area contributed by atoms with E-state index in [0.717, 1.165) is 27.7 Å². The van der Waals surface area contributed by atoms with Gasteiger partial charge in [0.25, 0.3) is 0 Å². The Morgan fingerprint density at radius 3 is 2.68 bits per heavy atom. The molecule has 1 N–H and O–H groups in total. The second-order valence-corrected chi connectivity index (χ2v) is 6.09. The number of ether oxygens (including phenoxy) is 1. The molecule has 28 heavy (non-hydrogen) atoms. The Labute approximate surface area is 156 Å². The molecular weight excluding hydrogens is 375 g/mol. The Balaban J connectivity index is 1.60. The number of hydrogen-bond donors (Lipinski definition) is 1. The Hall–Kier alpha value is -3.49. The van der Waals surface area contributed by atoms with Crippen LogP contribution in [0, 0.1) is 0 Å². The van der Waals surface area contributed by atoms with E-state index in [2.05, 4.69) is 10.4 Å². The van der Waals surface area contributed by atoms with E-state index < -0.39 is 17.8 Å². The van der Waals surface area contributed by atoms with Gasteiger partial charge in [0.1, 0.15) is 23.5 Å². The van der Waals surface area contributed by atoms with Crippen molar-refractivity contribution in [2.75, 3.05) is 12.4 Å². The van der Waals surface area contributed by atoms with E-state index in [1.54, 1.807) is 12.1 Å². The molecule has 2 aromatic carbocycles. The molecule has 0 saturated carbocycles. The molecule has 0 unspecified atom stereocenters. The normalized spacial score (nSPS) is 11.9. The molecule has 4 rings (SSSR count). The van der Waals surface area contributed by atoms with Crippen LogP contribution in [0.2, 0.25) is 0 Å². The van der Waals surface area contributed by atoms with Gasteiger partial charge in [-0.3, -0.25) is 9.48 Å². The van der Waals surface area contributed by atoms with Gasteiger partial charge in [0.2, 0.25) is 5.91 Å². The number of carbonyl (C=O) groups is 1. The zero-order valence-electron chi connectivity index (χ0n) is 14.6. The van der Waals surface area contributed by atoms with Gasteiger partial charge in [-0.15, -0.1) is 0 Å². The highest BCUT2D eigenvalue weighted by Gasteiger charge is 2.33. The third-order valence-corrected chi connectivity index (χ3v) is 4.21. The molecule has 6 nitrogen and oxygen atoms in total. The number of alkyl halides is 3. The highest BCUT2D eigenvalue weighted by atomic mass is 19.4. The number of para-hydroxylation sites is 1. The Morgan fingerprint density at radius 1 is 1.18 bits per heavy atom. The first-order valence-corrected chi connectivity index (χ1v) is 8.25. The summed E-state index contributed by atoms with van der Waals surface area (Å²) in [6, 6.07) is 11.7. The fourth-order valence-electron chi connectivity index (χ4n) is 2.96. The maximum atomic E-state index is 12.6. The van der Waals surface area contributed by atoms with Crippen molar-refractivity contribution in [3.63, 3.8) is 0 Å². The van der Waals surface area contributed by atoms with Crippen LogP contribution in [0.1, 0.15) is 5.69 Å². The first-order chi connectivity index (χ1) is 13.3. The zero-order valence-corrected chi connectivity index (χ0v) is 14.6. The van der Waals surface area contributed by atoms with Crippen molar-refractivity contribution >= 4 is 33.5 Å². The summed E-state index contributed by atoms with van der Waals surface area (Å²) >= 11 is 0. The van der Waals surface area contributed by atoms with Crippen molar-refractivity contribution in [3.8, 4) is 5.75 Å². The molecule has 4 aromatic rings. The summed E-state index contributed by atoms with van der Waals surface area (Å²) in [7, 11) is 1.46. The fourth-order valence-corrected chi connectivity index (χ4v) is 2.96. The summed E-state index contributed by atoms with van der Waals surface area (Å²) in [6.07, 6.45) is -3.46. The largest absolute Gasteiger partial charge is 0.495 e. The van der Waals surface area contributed by atoms with Crippen LogP contribution in [-0.4, -0.2) is 22.8 Å². The lowest BCUT2D eigenvalue weighted by Gasteiger charge is -2.10. The van der Waals surface area contributed by atoms with Crippen LogP contribution < -0.4 is 10.1 Å². The number of carbonyl (C=O) groups excluding carboxylic acids is 1. The van der Waals surface area contributed by atoms with E-state index in [0.29, 0.717) is 22.6 Å². The number of halogens is 3. The highest BCUT2D eigenvalue weighted by Crippen LogP contribution is 2.36. The lowest BCUT2D eigenvalue weighted by Crippen LogP contribution is -2.20. The van der Waals surface area contributed by atoms with Gasteiger partial charge in [-0.1, -0.05) is 18.2 Å². The predicted octanol–water partition coefficient (Wildman–Crippen LogP) is 4.45. The molecule has 0 aliphatic rings. The van der Waals surface area contributed by atoms with Gasteiger partial charge >= 0.3 is 6.18 Å². The van der Waals surface area contributed by atoms with Crippen molar-refractivity contribution in [1.29, 1.82) is 0 Å². The summed E-state index contributed by atoms with van der Waals surface area (Å²) in [4.78, 5) is 12.3. The van der Waals surface area contributed by atoms with Gasteiger partial charge in [0.15, 0.2) is 5.69 Å². The maximum absolute atomic E-state index is 12.6. The Bertz CT molecular complexity index is 1180. The number of fused-ring (bicyclic) bond motifs is 3. The molecule has 0 aliphatic carbocycles. The number of nitrogens with zero attached hydrogens (tertiary/aromatic N) is 2. The van der Waals surface area contributed by atoms with Crippen LogP contribution in [0.25, 0.3) is 21.9 Å². The lowest BCUT2D eigenvalue weighted by molar-refractivity contribution is -0.141.